The van der Waals surface area contributed by atoms with E-state index in [0.717, 1.165) is 11.1 Å². The zero-order valence-electron chi connectivity index (χ0n) is 14.4. The monoisotopic (exact) mass is 404 g/mol. The van der Waals surface area contributed by atoms with Crippen molar-refractivity contribution < 1.29 is 9.59 Å². The van der Waals surface area contributed by atoms with Crippen LogP contribution in [0, 0.1) is 0 Å². The Bertz CT molecular complexity index is 749. The zero-order chi connectivity index (χ0) is 19.5. The fourth-order valence-electron chi connectivity index (χ4n) is 1.98. The smallest absolute Gasteiger partial charge is 0.240 e. The first-order valence-electron chi connectivity index (χ1n) is 8.18. The Hall–Kier alpha value is -2.70. The highest BCUT2D eigenvalue weighted by atomic mass is 35.5. The summed E-state index contributed by atoms with van der Waals surface area (Å²) in [5.74, 6) is -0.532. The minimum absolute atomic E-state index is 0.187. The van der Waals surface area contributed by atoms with Crippen LogP contribution in [0.4, 0.5) is 0 Å². The summed E-state index contributed by atoms with van der Waals surface area (Å²) in [4.78, 5) is 23.4. The lowest BCUT2D eigenvalue weighted by molar-refractivity contribution is -0.122. The molecule has 0 aliphatic heterocycles. The van der Waals surface area contributed by atoms with Crippen molar-refractivity contribution >= 4 is 47.4 Å². The Morgan fingerprint density at radius 1 is 0.741 bits per heavy atom. The molecule has 0 saturated heterocycles. The molecule has 0 spiro atoms. The third kappa shape index (κ3) is 8.48. The molecule has 0 atom stereocenters. The van der Waals surface area contributed by atoms with E-state index in [4.69, 9.17) is 23.2 Å². The van der Waals surface area contributed by atoms with Gasteiger partial charge in [-0.25, -0.2) is 10.9 Å². The van der Waals surface area contributed by atoms with Gasteiger partial charge in [-0.3, -0.25) is 9.59 Å². The number of hydrogen-bond donors (Lipinski definition) is 2. The van der Waals surface area contributed by atoms with Crippen molar-refractivity contribution in [1.29, 1.82) is 0 Å². The summed E-state index contributed by atoms with van der Waals surface area (Å²) in [5, 5.41) is 8.98. The van der Waals surface area contributed by atoms with Crippen molar-refractivity contribution in [2.75, 3.05) is 0 Å². The summed E-state index contributed by atoms with van der Waals surface area (Å²) in [7, 11) is 0. The molecule has 2 aromatic rings. The van der Waals surface area contributed by atoms with Gasteiger partial charge in [0.25, 0.3) is 0 Å². The fraction of sp³-hybridized carbons (Fsp3) is 0.158. The largest absolute Gasteiger partial charge is 0.273 e. The number of halogens is 2. The number of carbonyl (C=O) groups excluding carboxylic acids is 2. The third-order valence-electron chi connectivity index (χ3n) is 3.35. The Labute approximate surface area is 167 Å². The lowest BCUT2D eigenvalue weighted by atomic mass is 10.2. The number of hydrazone groups is 2. The van der Waals surface area contributed by atoms with E-state index in [1.807, 2.05) is 0 Å². The Kier molecular flexibility index (Phi) is 8.48. The maximum atomic E-state index is 11.7. The van der Waals surface area contributed by atoms with Crippen LogP contribution in [0.1, 0.15) is 30.4 Å². The standard InChI is InChI=1S/C19H18Cl2N4O2/c20-16-8-4-14(5-9-16)12-22-24-18(26)2-1-3-19(27)25-23-13-15-6-10-17(21)11-7-15/h4-13H,1-3H2,(H,24,26)(H,25,27)/b22-12-,23-13?. The van der Waals surface area contributed by atoms with Gasteiger partial charge in [-0.05, 0) is 41.8 Å². The third-order valence-corrected chi connectivity index (χ3v) is 3.86. The lowest BCUT2D eigenvalue weighted by Crippen LogP contribution is -2.20. The van der Waals surface area contributed by atoms with Gasteiger partial charge >= 0.3 is 0 Å². The van der Waals surface area contributed by atoms with Gasteiger partial charge in [-0.2, -0.15) is 10.2 Å². The second-order valence-electron chi connectivity index (χ2n) is 5.54. The summed E-state index contributed by atoms with van der Waals surface area (Å²) in [6.07, 6.45) is 3.81. The molecule has 0 unspecified atom stereocenters. The number of benzene rings is 2. The average molecular weight is 405 g/mol. The molecule has 2 aromatic carbocycles. The quantitative estimate of drug-likeness (QED) is 0.518. The molecule has 140 valence electrons. The normalized spacial score (nSPS) is 11.0. The molecule has 6 nitrogen and oxygen atoms in total. The number of hydrogen-bond acceptors (Lipinski definition) is 4. The molecule has 0 saturated carbocycles. The highest BCUT2D eigenvalue weighted by molar-refractivity contribution is 6.30. The Morgan fingerprint density at radius 2 is 1.11 bits per heavy atom. The van der Waals surface area contributed by atoms with Gasteiger partial charge in [0.2, 0.25) is 11.8 Å². The van der Waals surface area contributed by atoms with Crippen LogP contribution in [0.25, 0.3) is 0 Å². The average Bonchev–Trinajstić information content (AvgIpc) is 2.65. The van der Waals surface area contributed by atoms with E-state index in [1.165, 1.54) is 12.4 Å². The van der Waals surface area contributed by atoms with Crippen LogP contribution in [-0.2, 0) is 9.59 Å². The second kappa shape index (κ2) is 11.1. The maximum absolute atomic E-state index is 11.7. The zero-order valence-corrected chi connectivity index (χ0v) is 15.9. The lowest BCUT2D eigenvalue weighted by Gasteiger charge is -2.01. The summed E-state index contributed by atoms with van der Waals surface area (Å²) in [5.41, 5.74) is 6.46. The van der Waals surface area contributed by atoms with E-state index >= 15 is 0 Å². The van der Waals surface area contributed by atoms with Crippen LogP contribution in [0.2, 0.25) is 10.0 Å². The Morgan fingerprint density at radius 3 is 1.48 bits per heavy atom. The highest BCUT2D eigenvalue weighted by Crippen LogP contribution is 2.08. The van der Waals surface area contributed by atoms with Crippen LogP contribution in [0.3, 0.4) is 0 Å². The van der Waals surface area contributed by atoms with Gasteiger partial charge in [-0.1, -0.05) is 47.5 Å². The molecular weight excluding hydrogens is 387 g/mol. The van der Waals surface area contributed by atoms with E-state index in [1.54, 1.807) is 48.5 Å². The SMILES string of the molecule is O=C(CCCC(=O)N/N=C\c1ccc(Cl)cc1)NN=Cc1ccc(Cl)cc1. The minimum atomic E-state index is -0.266. The molecule has 0 aromatic heterocycles. The van der Waals surface area contributed by atoms with Crippen LogP contribution in [0.15, 0.2) is 58.7 Å². The van der Waals surface area contributed by atoms with Gasteiger partial charge in [0, 0.05) is 22.9 Å². The van der Waals surface area contributed by atoms with Crippen molar-refractivity contribution in [3.05, 3.63) is 69.7 Å². The number of rotatable bonds is 8. The first-order chi connectivity index (χ1) is 13.0. The Balaban J connectivity index is 1.61. The van der Waals surface area contributed by atoms with Gasteiger partial charge in [0.1, 0.15) is 0 Å². The molecule has 0 aliphatic carbocycles. The number of nitrogens with zero attached hydrogens (tertiary/aromatic N) is 2. The predicted octanol–water partition coefficient (Wildman–Crippen LogP) is 3.76. The van der Waals surface area contributed by atoms with Crippen LogP contribution < -0.4 is 10.9 Å². The van der Waals surface area contributed by atoms with Crippen molar-refractivity contribution in [2.24, 2.45) is 10.2 Å². The van der Waals surface area contributed by atoms with Crippen molar-refractivity contribution in [3.8, 4) is 0 Å². The molecule has 2 N–H and O–H groups in total. The minimum Gasteiger partial charge on any atom is -0.273 e. The first kappa shape index (κ1) is 20.6. The van der Waals surface area contributed by atoms with E-state index in [2.05, 4.69) is 21.1 Å². The molecule has 0 aliphatic rings. The molecule has 2 rings (SSSR count). The topological polar surface area (TPSA) is 82.9 Å². The summed E-state index contributed by atoms with van der Waals surface area (Å²) in [6, 6.07) is 14.1. The van der Waals surface area contributed by atoms with Crippen LogP contribution >= 0.6 is 23.2 Å². The summed E-state index contributed by atoms with van der Waals surface area (Å²) in [6.45, 7) is 0. The number of amides is 2. The second-order valence-corrected chi connectivity index (χ2v) is 6.42. The molecular formula is C19H18Cl2N4O2. The molecule has 0 bridgehead atoms. The molecule has 0 radical (unpaired) electrons. The molecule has 27 heavy (non-hydrogen) atoms. The van der Waals surface area contributed by atoms with Crippen molar-refractivity contribution in [2.45, 2.75) is 19.3 Å². The first-order valence-corrected chi connectivity index (χ1v) is 8.93. The summed E-state index contributed by atoms with van der Waals surface area (Å²) < 4.78 is 0. The molecule has 2 amide bonds. The van der Waals surface area contributed by atoms with Crippen molar-refractivity contribution in [3.63, 3.8) is 0 Å². The number of nitrogens with one attached hydrogen (secondary N) is 2. The van der Waals surface area contributed by atoms with Crippen molar-refractivity contribution in [1.82, 2.24) is 10.9 Å². The fourth-order valence-corrected chi connectivity index (χ4v) is 2.23. The molecule has 8 heteroatoms. The van der Waals surface area contributed by atoms with Gasteiger partial charge in [0.15, 0.2) is 0 Å². The van der Waals surface area contributed by atoms with E-state index in [9.17, 15) is 9.59 Å². The highest BCUT2D eigenvalue weighted by Gasteiger charge is 2.03. The molecule has 0 fully saturated rings. The van der Waals surface area contributed by atoms with Crippen LogP contribution in [-0.4, -0.2) is 24.2 Å². The van der Waals surface area contributed by atoms with E-state index in [-0.39, 0.29) is 24.7 Å². The van der Waals surface area contributed by atoms with E-state index in [0.29, 0.717) is 16.5 Å². The number of carbonyl (C=O) groups is 2. The van der Waals surface area contributed by atoms with Gasteiger partial charge in [-0.15, -0.1) is 0 Å². The maximum Gasteiger partial charge on any atom is 0.240 e. The van der Waals surface area contributed by atoms with Crippen LogP contribution in [0.5, 0.6) is 0 Å². The predicted molar refractivity (Wildman–Crippen MR) is 108 cm³/mol. The molecule has 0 heterocycles. The summed E-state index contributed by atoms with van der Waals surface area (Å²) >= 11 is 11.6. The van der Waals surface area contributed by atoms with E-state index < -0.39 is 0 Å². The van der Waals surface area contributed by atoms with Gasteiger partial charge < -0.3 is 0 Å². The van der Waals surface area contributed by atoms with Gasteiger partial charge in [0.05, 0.1) is 12.4 Å².